The Morgan fingerprint density at radius 1 is 1.20 bits per heavy atom. The first kappa shape index (κ1) is 18.5. The molecule has 1 aliphatic rings. The van der Waals surface area contributed by atoms with Gasteiger partial charge in [0.05, 0.1) is 6.42 Å². The third kappa shape index (κ3) is 4.89. The number of nitrogens with one attached hydrogen (secondary N) is 1. The van der Waals surface area contributed by atoms with Gasteiger partial charge in [-0.25, -0.2) is 0 Å². The average Bonchev–Trinajstić information content (AvgIpc) is 3.26. The van der Waals surface area contributed by atoms with Crippen LogP contribution in [0.5, 0.6) is 0 Å². The van der Waals surface area contributed by atoms with E-state index in [1.807, 2.05) is 23.1 Å². The molecule has 1 N–H and O–H groups in total. The van der Waals surface area contributed by atoms with Crippen molar-refractivity contribution in [3.63, 3.8) is 0 Å². The highest BCUT2D eigenvalue weighted by molar-refractivity contribution is 7.99. The minimum absolute atomic E-state index is 0.132. The molecule has 25 heavy (non-hydrogen) atoms. The highest BCUT2D eigenvalue weighted by Crippen LogP contribution is 2.42. The van der Waals surface area contributed by atoms with Crippen molar-refractivity contribution in [1.82, 2.24) is 5.32 Å². The van der Waals surface area contributed by atoms with Gasteiger partial charge in [0.2, 0.25) is 5.91 Å². The highest BCUT2D eigenvalue weighted by Gasteiger charge is 2.36. The molecule has 3 rings (SSSR count). The Morgan fingerprint density at radius 2 is 1.92 bits per heavy atom. The minimum Gasteiger partial charge on any atom is -0.355 e. The number of benzene rings is 1. The fourth-order valence-corrected chi connectivity index (χ4v) is 5.44. The van der Waals surface area contributed by atoms with Crippen molar-refractivity contribution in [2.24, 2.45) is 0 Å². The maximum atomic E-state index is 12.4. The number of hydrogen-bond acceptors (Lipinski definition) is 3. The van der Waals surface area contributed by atoms with Gasteiger partial charge in [-0.15, -0.1) is 23.1 Å². The first-order valence-electron chi connectivity index (χ1n) is 9.14. The summed E-state index contributed by atoms with van der Waals surface area (Å²) in [5.74, 6) is 0.132. The van der Waals surface area contributed by atoms with E-state index in [0.29, 0.717) is 11.7 Å². The number of hydrogen-bond donors (Lipinski definition) is 1. The van der Waals surface area contributed by atoms with Crippen LogP contribution in [0.3, 0.4) is 0 Å². The molecule has 0 unspecified atom stereocenters. The van der Waals surface area contributed by atoms with Crippen molar-refractivity contribution in [1.29, 1.82) is 0 Å². The number of thioether (sulfide) groups is 1. The lowest BCUT2D eigenvalue weighted by atomic mass is 9.84. The van der Waals surface area contributed by atoms with Gasteiger partial charge in [-0.3, -0.25) is 4.79 Å². The zero-order valence-corrected chi connectivity index (χ0v) is 16.7. The van der Waals surface area contributed by atoms with Gasteiger partial charge in [-0.1, -0.05) is 44.9 Å². The fourth-order valence-electron chi connectivity index (χ4n) is 3.62. The molecule has 1 aromatic carbocycles. The average molecular weight is 374 g/mol. The van der Waals surface area contributed by atoms with Crippen LogP contribution in [0.4, 0.5) is 0 Å². The van der Waals surface area contributed by atoms with Gasteiger partial charge in [-0.2, -0.15) is 0 Å². The van der Waals surface area contributed by atoms with E-state index in [1.165, 1.54) is 35.5 Å². The van der Waals surface area contributed by atoms with Crippen LogP contribution >= 0.6 is 23.1 Å². The lowest BCUT2D eigenvalue weighted by molar-refractivity contribution is -0.120. The topological polar surface area (TPSA) is 29.1 Å². The molecular formula is C21H27NOS2. The Balaban J connectivity index is 1.55. The number of amides is 1. The van der Waals surface area contributed by atoms with Crippen molar-refractivity contribution in [2.45, 2.75) is 61.5 Å². The predicted molar refractivity (Wildman–Crippen MR) is 109 cm³/mol. The SMILES string of the molecule is CC(C)Sc1ccc(CC(=O)NCC2(c3cccs3)CCCC2)cc1. The van der Waals surface area contributed by atoms with E-state index in [1.54, 1.807) is 0 Å². The standard InChI is InChI=1S/C21H27NOS2/c1-16(2)25-18-9-7-17(8-10-18)14-20(23)22-15-21(11-3-4-12-21)19-6-5-13-24-19/h5-10,13,16H,3-4,11-12,14-15H2,1-2H3,(H,22,23). The number of thiophene rings is 1. The van der Waals surface area contributed by atoms with E-state index in [0.717, 1.165) is 12.1 Å². The van der Waals surface area contributed by atoms with Gasteiger partial charge in [0.25, 0.3) is 0 Å². The molecule has 1 heterocycles. The molecule has 1 amide bonds. The second-order valence-corrected chi connectivity index (χ2v) is 9.83. The van der Waals surface area contributed by atoms with E-state index in [4.69, 9.17) is 0 Å². The van der Waals surface area contributed by atoms with Gasteiger partial charge in [0.15, 0.2) is 0 Å². The minimum atomic E-state index is 0.132. The first-order valence-corrected chi connectivity index (χ1v) is 10.9. The molecule has 0 atom stereocenters. The van der Waals surface area contributed by atoms with Gasteiger partial charge in [-0.05, 0) is 42.0 Å². The molecule has 0 spiro atoms. The quantitative estimate of drug-likeness (QED) is 0.657. The number of carbonyl (C=O) groups excluding carboxylic acids is 1. The smallest absolute Gasteiger partial charge is 0.224 e. The lowest BCUT2D eigenvalue weighted by Gasteiger charge is -2.28. The molecule has 1 fully saturated rings. The maximum Gasteiger partial charge on any atom is 0.224 e. The van der Waals surface area contributed by atoms with E-state index in [9.17, 15) is 4.79 Å². The van der Waals surface area contributed by atoms with Crippen molar-refractivity contribution in [2.75, 3.05) is 6.54 Å². The van der Waals surface area contributed by atoms with E-state index in [-0.39, 0.29) is 11.3 Å². The molecule has 0 aliphatic heterocycles. The van der Waals surface area contributed by atoms with Crippen LogP contribution in [0, 0.1) is 0 Å². The summed E-state index contributed by atoms with van der Waals surface area (Å²) >= 11 is 3.68. The Bertz CT molecular complexity index is 670. The largest absolute Gasteiger partial charge is 0.355 e. The Hall–Kier alpha value is -1.26. The molecule has 2 nitrogen and oxygen atoms in total. The Kier molecular flexibility index (Phi) is 6.24. The summed E-state index contributed by atoms with van der Waals surface area (Å²) in [5, 5.41) is 5.94. The second kappa shape index (κ2) is 8.41. The summed E-state index contributed by atoms with van der Waals surface area (Å²) in [7, 11) is 0. The predicted octanol–water partition coefficient (Wildman–Crippen LogP) is 5.42. The van der Waals surface area contributed by atoms with E-state index >= 15 is 0 Å². The van der Waals surface area contributed by atoms with Gasteiger partial charge in [0.1, 0.15) is 0 Å². The van der Waals surface area contributed by atoms with Crippen LogP contribution in [0.2, 0.25) is 0 Å². The summed E-state index contributed by atoms with van der Waals surface area (Å²) in [6, 6.07) is 12.8. The Morgan fingerprint density at radius 3 is 2.52 bits per heavy atom. The van der Waals surface area contributed by atoms with Gasteiger partial charge < -0.3 is 5.32 Å². The molecule has 1 aromatic heterocycles. The van der Waals surface area contributed by atoms with E-state index < -0.39 is 0 Å². The van der Waals surface area contributed by atoms with Gasteiger partial charge >= 0.3 is 0 Å². The molecule has 0 bridgehead atoms. The lowest BCUT2D eigenvalue weighted by Crippen LogP contribution is -2.39. The molecule has 2 aromatic rings. The van der Waals surface area contributed by atoms with Crippen molar-refractivity contribution >= 4 is 29.0 Å². The second-order valence-electron chi connectivity index (χ2n) is 7.23. The zero-order valence-electron chi connectivity index (χ0n) is 15.1. The van der Waals surface area contributed by atoms with Crippen LogP contribution in [0.15, 0.2) is 46.7 Å². The molecular weight excluding hydrogens is 346 g/mol. The van der Waals surface area contributed by atoms with Crippen LogP contribution in [-0.2, 0) is 16.6 Å². The Labute approximate surface area is 159 Å². The maximum absolute atomic E-state index is 12.4. The molecule has 1 aliphatic carbocycles. The molecule has 0 saturated heterocycles. The fraction of sp³-hybridized carbons (Fsp3) is 0.476. The van der Waals surface area contributed by atoms with Crippen molar-refractivity contribution in [3.05, 3.63) is 52.2 Å². The summed E-state index contributed by atoms with van der Waals surface area (Å²) in [5.41, 5.74) is 1.25. The number of carbonyl (C=O) groups is 1. The summed E-state index contributed by atoms with van der Waals surface area (Å²) in [4.78, 5) is 15.1. The van der Waals surface area contributed by atoms with Gasteiger partial charge in [0, 0.05) is 27.0 Å². The monoisotopic (exact) mass is 373 g/mol. The molecule has 134 valence electrons. The van der Waals surface area contributed by atoms with Crippen LogP contribution < -0.4 is 5.32 Å². The van der Waals surface area contributed by atoms with Crippen LogP contribution in [0.25, 0.3) is 0 Å². The summed E-state index contributed by atoms with van der Waals surface area (Å²) < 4.78 is 0. The number of rotatable bonds is 7. The van der Waals surface area contributed by atoms with Crippen LogP contribution in [0.1, 0.15) is 50.0 Å². The third-order valence-corrected chi connectivity index (χ3v) is 7.02. The molecule has 1 saturated carbocycles. The molecule has 4 heteroatoms. The third-order valence-electron chi connectivity index (χ3n) is 4.89. The normalized spacial score (nSPS) is 16.3. The first-order chi connectivity index (χ1) is 12.1. The van der Waals surface area contributed by atoms with Crippen LogP contribution in [-0.4, -0.2) is 17.7 Å². The zero-order chi connectivity index (χ0) is 17.7. The summed E-state index contributed by atoms with van der Waals surface area (Å²) in [6.45, 7) is 5.16. The molecule has 0 radical (unpaired) electrons. The van der Waals surface area contributed by atoms with Crippen molar-refractivity contribution in [3.8, 4) is 0 Å². The van der Waals surface area contributed by atoms with Crippen molar-refractivity contribution < 1.29 is 4.79 Å². The highest BCUT2D eigenvalue weighted by atomic mass is 32.2. The van der Waals surface area contributed by atoms with E-state index in [2.05, 4.69) is 60.9 Å². The summed E-state index contributed by atoms with van der Waals surface area (Å²) in [6.07, 6.45) is 5.38.